The van der Waals surface area contributed by atoms with Crippen LogP contribution in [0.15, 0.2) is 18.2 Å². The Labute approximate surface area is 88.1 Å². The molecule has 82 valence electrons. The van der Waals surface area contributed by atoms with Gasteiger partial charge in [0.05, 0.1) is 5.56 Å². The number of phenolic OH excluding ortho intramolecular Hbond substituents is 1. The van der Waals surface area contributed by atoms with E-state index in [4.69, 9.17) is 5.11 Å². The summed E-state index contributed by atoms with van der Waals surface area (Å²) in [6, 6.07) is 3.52. The Morgan fingerprint density at radius 1 is 1.47 bits per heavy atom. The first-order chi connectivity index (χ1) is 6.93. The van der Waals surface area contributed by atoms with Crippen molar-refractivity contribution in [2.75, 3.05) is 7.05 Å². The first-order valence-corrected chi connectivity index (χ1v) is 4.69. The van der Waals surface area contributed by atoms with Crippen LogP contribution in [0.25, 0.3) is 0 Å². The van der Waals surface area contributed by atoms with E-state index in [0.717, 1.165) is 6.07 Å². The number of carbonyl (C=O) groups excluding carboxylic acids is 1. The Bertz CT molecular complexity index is 377. The summed E-state index contributed by atoms with van der Waals surface area (Å²) in [5, 5.41) is 9.00. The van der Waals surface area contributed by atoms with Gasteiger partial charge in [0.2, 0.25) is 0 Å². The lowest BCUT2D eigenvalue weighted by Gasteiger charge is -2.21. The number of hydrogen-bond acceptors (Lipinski definition) is 2. The number of rotatable bonds is 2. The van der Waals surface area contributed by atoms with E-state index in [0.29, 0.717) is 0 Å². The van der Waals surface area contributed by atoms with Crippen molar-refractivity contribution >= 4 is 5.91 Å². The van der Waals surface area contributed by atoms with Gasteiger partial charge >= 0.3 is 0 Å². The number of halogens is 1. The van der Waals surface area contributed by atoms with Crippen molar-refractivity contribution in [3.05, 3.63) is 29.6 Å². The fraction of sp³-hybridized carbons (Fsp3) is 0.364. The summed E-state index contributed by atoms with van der Waals surface area (Å²) in [6.07, 6.45) is 0. The Morgan fingerprint density at radius 3 is 2.53 bits per heavy atom. The molecule has 0 aliphatic rings. The maximum Gasteiger partial charge on any atom is 0.256 e. The fourth-order valence-electron chi connectivity index (χ4n) is 1.10. The van der Waals surface area contributed by atoms with Crippen LogP contribution in [0.4, 0.5) is 4.39 Å². The second-order valence-electron chi connectivity index (χ2n) is 3.67. The van der Waals surface area contributed by atoms with E-state index in [-0.39, 0.29) is 23.3 Å². The van der Waals surface area contributed by atoms with Crippen LogP contribution in [0.3, 0.4) is 0 Å². The summed E-state index contributed by atoms with van der Waals surface area (Å²) >= 11 is 0. The SMILES string of the molecule is CC(C)N(C)C(=O)c1ccc(O)cc1F. The molecule has 1 aromatic rings. The molecule has 1 rings (SSSR count). The standard InChI is InChI=1S/C11H14FNO2/c1-7(2)13(3)11(15)9-5-4-8(14)6-10(9)12/h4-7,14H,1-3H3. The number of benzene rings is 1. The first-order valence-electron chi connectivity index (χ1n) is 4.69. The number of aromatic hydroxyl groups is 1. The van der Waals surface area contributed by atoms with Gasteiger partial charge in [0, 0.05) is 19.2 Å². The van der Waals surface area contributed by atoms with Gasteiger partial charge in [-0.25, -0.2) is 4.39 Å². The molecule has 1 aromatic carbocycles. The average Bonchev–Trinajstić information content (AvgIpc) is 2.15. The molecule has 0 aromatic heterocycles. The summed E-state index contributed by atoms with van der Waals surface area (Å²) in [5.74, 6) is -1.27. The van der Waals surface area contributed by atoms with Crippen LogP contribution in [-0.4, -0.2) is 29.0 Å². The second kappa shape index (κ2) is 4.29. The van der Waals surface area contributed by atoms with Crippen molar-refractivity contribution in [1.82, 2.24) is 4.90 Å². The highest BCUT2D eigenvalue weighted by molar-refractivity contribution is 5.94. The Kier molecular flexibility index (Phi) is 3.29. The largest absolute Gasteiger partial charge is 0.508 e. The molecule has 0 aliphatic carbocycles. The van der Waals surface area contributed by atoms with Gasteiger partial charge in [0.25, 0.3) is 5.91 Å². The van der Waals surface area contributed by atoms with E-state index in [2.05, 4.69) is 0 Å². The van der Waals surface area contributed by atoms with Crippen LogP contribution in [0.5, 0.6) is 5.75 Å². The monoisotopic (exact) mass is 211 g/mol. The first kappa shape index (κ1) is 11.5. The maximum atomic E-state index is 13.3. The van der Waals surface area contributed by atoms with Gasteiger partial charge in [-0.15, -0.1) is 0 Å². The van der Waals surface area contributed by atoms with Crippen molar-refractivity contribution < 1.29 is 14.3 Å². The quantitative estimate of drug-likeness (QED) is 0.812. The van der Waals surface area contributed by atoms with Crippen molar-refractivity contribution in [2.45, 2.75) is 19.9 Å². The van der Waals surface area contributed by atoms with Crippen LogP contribution in [0, 0.1) is 5.82 Å². The van der Waals surface area contributed by atoms with Gasteiger partial charge in [-0.2, -0.15) is 0 Å². The predicted molar refractivity (Wildman–Crippen MR) is 55.3 cm³/mol. The maximum absolute atomic E-state index is 13.3. The lowest BCUT2D eigenvalue weighted by molar-refractivity contribution is 0.0750. The molecule has 1 amide bonds. The summed E-state index contributed by atoms with van der Waals surface area (Å²) in [5.41, 5.74) is -0.0241. The third kappa shape index (κ3) is 2.46. The van der Waals surface area contributed by atoms with Crippen LogP contribution in [0.1, 0.15) is 24.2 Å². The zero-order valence-corrected chi connectivity index (χ0v) is 8.99. The molecule has 0 aliphatic heterocycles. The van der Waals surface area contributed by atoms with Gasteiger partial charge in [0.1, 0.15) is 11.6 Å². The minimum atomic E-state index is -0.701. The number of carbonyl (C=O) groups is 1. The fourth-order valence-corrected chi connectivity index (χ4v) is 1.10. The number of hydrogen-bond donors (Lipinski definition) is 1. The minimum Gasteiger partial charge on any atom is -0.508 e. The molecule has 0 fully saturated rings. The number of nitrogens with zero attached hydrogens (tertiary/aromatic N) is 1. The molecule has 3 nitrogen and oxygen atoms in total. The van der Waals surface area contributed by atoms with Gasteiger partial charge in [0.15, 0.2) is 0 Å². The molecule has 15 heavy (non-hydrogen) atoms. The molecule has 0 radical (unpaired) electrons. The van der Waals surface area contributed by atoms with E-state index >= 15 is 0 Å². The highest BCUT2D eigenvalue weighted by atomic mass is 19.1. The van der Waals surface area contributed by atoms with E-state index < -0.39 is 5.82 Å². The third-order valence-electron chi connectivity index (χ3n) is 2.28. The number of phenols is 1. The van der Waals surface area contributed by atoms with Crippen molar-refractivity contribution in [1.29, 1.82) is 0 Å². The molecule has 0 saturated carbocycles. The number of amides is 1. The topological polar surface area (TPSA) is 40.5 Å². The lowest BCUT2D eigenvalue weighted by Crippen LogP contribution is -2.33. The van der Waals surface area contributed by atoms with E-state index in [1.54, 1.807) is 7.05 Å². The smallest absolute Gasteiger partial charge is 0.256 e. The van der Waals surface area contributed by atoms with Crippen molar-refractivity contribution in [3.8, 4) is 5.75 Å². The van der Waals surface area contributed by atoms with Crippen LogP contribution >= 0.6 is 0 Å². The average molecular weight is 211 g/mol. The molecule has 0 saturated heterocycles. The molecular weight excluding hydrogens is 197 g/mol. The van der Waals surface area contributed by atoms with Crippen LogP contribution in [0.2, 0.25) is 0 Å². The lowest BCUT2D eigenvalue weighted by atomic mass is 10.1. The van der Waals surface area contributed by atoms with Gasteiger partial charge in [-0.05, 0) is 26.0 Å². The van der Waals surface area contributed by atoms with E-state index in [9.17, 15) is 9.18 Å². The second-order valence-corrected chi connectivity index (χ2v) is 3.67. The zero-order chi connectivity index (χ0) is 11.6. The van der Waals surface area contributed by atoms with E-state index in [1.807, 2.05) is 13.8 Å². The highest BCUT2D eigenvalue weighted by Crippen LogP contribution is 2.16. The van der Waals surface area contributed by atoms with E-state index in [1.165, 1.54) is 17.0 Å². The predicted octanol–water partition coefficient (Wildman–Crippen LogP) is 2.01. The Balaban J connectivity index is 3.01. The Hall–Kier alpha value is -1.58. The normalized spacial score (nSPS) is 10.5. The molecule has 0 spiro atoms. The summed E-state index contributed by atoms with van der Waals surface area (Å²) < 4.78 is 13.3. The molecule has 1 N–H and O–H groups in total. The highest BCUT2D eigenvalue weighted by Gasteiger charge is 2.18. The summed E-state index contributed by atoms with van der Waals surface area (Å²) in [7, 11) is 1.61. The van der Waals surface area contributed by atoms with Crippen molar-refractivity contribution in [2.24, 2.45) is 0 Å². The zero-order valence-electron chi connectivity index (χ0n) is 8.99. The summed E-state index contributed by atoms with van der Waals surface area (Å²) in [6.45, 7) is 3.69. The summed E-state index contributed by atoms with van der Waals surface area (Å²) in [4.78, 5) is 13.2. The molecule has 4 heteroatoms. The molecular formula is C11H14FNO2. The van der Waals surface area contributed by atoms with Gasteiger partial charge in [-0.3, -0.25) is 4.79 Å². The Morgan fingerprint density at radius 2 is 2.07 bits per heavy atom. The van der Waals surface area contributed by atoms with Crippen molar-refractivity contribution in [3.63, 3.8) is 0 Å². The minimum absolute atomic E-state index is 0.00528. The van der Waals surface area contributed by atoms with Gasteiger partial charge in [-0.1, -0.05) is 0 Å². The van der Waals surface area contributed by atoms with Gasteiger partial charge < -0.3 is 10.0 Å². The molecule has 0 unspecified atom stereocenters. The van der Waals surface area contributed by atoms with Crippen LogP contribution in [-0.2, 0) is 0 Å². The molecule has 0 atom stereocenters. The van der Waals surface area contributed by atoms with Crippen LogP contribution < -0.4 is 0 Å². The molecule has 0 heterocycles. The third-order valence-corrected chi connectivity index (χ3v) is 2.28. The molecule has 0 bridgehead atoms.